The molecule has 0 unspecified atom stereocenters. The Hall–Kier alpha value is -2.87. The number of carbonyl (C=O) groups is 2. The summed E-state index contributed by atoms with van der Waals surface area (Å²) in [4.78, 5) is 28.8. The first kappa shape index (κ1) is 18.5. The predicted octanol–water partition coefficient (Wildman–Crippen LogP) is 1.23. The predicted molar refractivity (Wildman–Crippen MR) is 102 cm³/mol. The molecule has 8 nitrogen and oxygen atoms in total. The molecule has 1 aromatic carbocycles. The van der Waals surface area contributed by atoms with Crippen LogP contribution < -0.4 is 9.64 Å². The van der Waals surface area contributed by atoms with Gasteiger partial charge >= 0.3 is 0 Å². The lowest BCUT2D eigenvalue weighted by molar-refractivity contribution is -0.132. The van der Waals surface area contributed by atoms with Gasteiger partial charge < -0.3 is 14.4 Å². The molecule has 0 saturated carbocycles. The van der Waals surface area contributed by atoms with E-state index in [1.54, 1.807) is 11.1 Å². The van der Waals surface area contributed by atoms with Crippen LogP contribution in [0.1, 0.15) is 12.0 Å². The molecule has 2 aliphatic rings. The molecule has 0 radical (unpaired) electrons. The van der Waals surface area contributed by atoms with Crippen LogP contribution in [0.3, 0.4) is 0 Å². The van der Waals surface area contributed by atoms with Gasteiger partial charge in [0, 0.05) is 32.1 Å². The average Bonchev–Trinajstić information content (AvgIpc) is 3.08. The van der Waals surface area contributed by atoms with Gasteiger partial charge in [-0.05, 0) is 37.1 Å². The van der Waals surface area contributed by atoms with E-state index in [1.165, 1.54) is 4.90 Å². The van der Waals surface area contributed by atoms with E-state index in [4.69, 9.17) is 9.47 Å². The number of rotatable bonds is 4. The number of carbonyl (C=O) groups excluding carboxylic acids is 2. The smallest absolute Gasteiger partial charge is 0.265 e. The van der Waals surface area contributed by atoms with Gasteiger partial charge in [0.2, 0.25) is 5.91 Å². The Labute approximate surface area is 163 Å². The van der Waals surface area contributed by atoms with Gasteiger partial charge in [-0.3, -0.25) is 19.2 Å². The van der Waals surface area contributed by atoms with Gasteiger partial charge in [0.05, 0.1) is 18.3 Å². The highest BCUT2D eigenvalue weighted by Gasteiger charge is 2.30. The van der Waals surface area contributed by atoms with Crippen LogP contribution in [0.4, 0.5) is 5.69 Å². The second kappa shape index (κ2) is 8.02. The summed E-state index contributed by atoms with van der Waals surface area (Å²) in [7, 11) is 0. The number of aryl methyl sites for hydroxylation is 1. The van der Waals surface area contributed by atoms with Crippen LogP contribution >= 0.6 is 0 Å². The third kappa shape index (κ3) is 4.01. The number of amides is 2. The van der Waals surface area contributed by atoms with Gasteiger partial charge in [0.25, 0.3) is 5.91 Å². The van der Waals surface area contributed by atoms with Crippen LogP contribution in [0.5, 0.6) is 5.75 Å². The van der Waals surface area contributed by atoms with Gasteiger partial charge in [0.1, 0.15) is 12.3 Å². The van der Waals surface area contributed by atoms with E-state index < -0.39 is 0 Å². The van der Waals surface area contributed by atoms with Crippen LogP contribution in [0, 0.1) is 6.92 Å². The zero-order valence-corrected chi connectivity index (χ0v) is 15.9. The van der Waals surface area contributed by atoms with Crippen molar-refractivity contribution in [1.29, 1.82) is 0 Å². The second-order valence-corrected chi connectivity index (χ2v) is 7.15. The van der Waals surface area contributed by atoms with Gasteiger partial charge in [-0.15, -0.1) is 0 Å². The van der Waals surface area contributed by atoms with Crippen LogP contribution in [-0.4, -0.2) is 65.4 Å². The topological polar surface area (TPSA) is 76.9 Å². The largest absolute Gasteiger partial charge is 0.482 e. The average molecular weight is 384 g/mol. The van der Waals surface area contributed by atoms with E-state index in [0.29, 0.717) is 37.7 Å². The third-order valence-corrected chi connectivity index (χ3v) is 5.00. The first-order chi connectivity index (χ1) is 13.6. The van der Waals surface area contributed by atoms with E-state index in [0.717, 1.165) is 12.0 Å². The molecule has 0 N–H and O–H groups in total. The molecule has 0 aliphatic carbocycles. The number of anilines is 1. The maximum Gasteiger partial charge on any atom is 0.265 e. The highest BCUT2D eigenvalue weighted by atomic mass is 16.5. The molecule has 0 bridgehead atoms. The molecule has 1 fully saturated rings. The number of nitrogens with zero attached hydrogens (tertiary/aromatic N) is 4. The lowest BCUT2D eigenvalue weighted by atomic mass is 10.1. The lowest BCUT2D eigenvalue weighted by Crippen LogP contribution is -2.48. The molecule has 28 heavy (non-hydrogen) atoms. The highest BCUT2D eigenvalue weighted by Crippen LogP contribution is 2.32. The summed E-state index contributed by atoms with van der Waals surface area (Å²) in [6.45, 7) is 4.21. The Morgan fingerprint density at radius 2 is 2.25 bits per heavy atom. The van der Waals surface area contributed by atoms with Crippen molar-refractivity contribution in [2.75, 3.05) is 37.7 Å². The zero-order valence-electron chi connectivity index (χ0n) is 15.9. The molecule has 4 rings (SSSR count). The Bertz CT molecular complexity index is 852. The van der Waals surface area contributed by atoms with Crippen LogP contribution in [-0.2, 0) is 20.9 Å². The van der Waals surface area contributed by atoms with Gasteiger partial charge in [-0.25, -0.2) is 0 Å². The summed E-state index contributed by atoms with van der Waals surface area (Å²) in [6.07, 6.45) is 4.25. The number of hydrogen-bond donors (Lipinski definition) is 0. The maximum atomic E-state index is 13.0. The summed E-state index contributed by atoms with van der Waals surface area (Å²) in [6, 6.07) is 7.52. The molecule has 3 heterocycles. The van der Waals surface area contributed by atoms with Crippen molar-refractivity contribution in [3.63, 3.8) is 0 Å². The fourth-order valence-electron chi connectivity index (χ4n) is 3.57. The van der Waals surface area contributed by atoms with Gasteiger partial charge in [-0.2, -0.15) is 5.10 Å². The minimum absolute atomic E-state index is 0.00708. The van der Waals surface area contributed by atoms with E-state index in [2.05, 4.69) is 5.10 Å². The minimum atomic E-state index is -0.203. The molecular weight excluding hydrogens is 360 g/mol. The Balaban J connectivity index is 1.46. The maximum absolute atomic E-state index is 13.0. The first-order valence-electron chi connectivity index (χ1n) is 9.51. The third-order valence-electron chi connectivity index (χ3n) is 5.00. The number of fused-ring (bicyclic) bond motifs is 1. The number of benzene rings is 1. The van der Waals surface area contributed by atoms with E-state index in [9.17, 15) is 9.59 Å². The SMILES string of the molecule is Cc1ccc2c(c1)N(CC(=O)N1CCCO[C@@H](Cn3cccn3)C1)C(=O)CO2. The number of aromatic nitrogens is 2. The van der Waals surface area contributed by atoms with Crippen LogP contribution in [0.15, 0.2) is 36.7 Å². The zero-order chi connectivity index (χ0) is 19.5. The molecule has 8 heteroatoms. The second-order valence-electron chi connectivity index (χ2n) is 7.15. The van der Waals surface area contributed by atoms with Gasteiger partial charge in [0.15, 0.2) is 6.61 Å². The summed E-state index contributed by atoms with van der Waals surface area (Å²) in [5, 5.41) is 4.21. The van der Waals surface area contributed by atoms with Crippen LogP contribution in [0.25, 0.3) is 0 Å². The van der Waals surface area contributed by atoms with E-state index >= 15 is 0 Å². The van der Waals surface area contributed by atoms with E-state index in [1.807, 2.05) is 42.1 Å². The van der Waals surface area contributed by atoms with Crippen molar-refractivity contribution in [3.05, 3.63) is 42.2 Å². The molecule has 2 amide bonds. The quantitative estimate of drug-likeness (QED) is 0.793. The lowest BCUT2D eigenvalue weighted by Gasteiger charge is -2.31. The monoisotopic (exact) mass is 384 g/mol. The molecule has 2 aromatic rings. The highest BCUT2D eigenvalue weighted by molar-refractivity contribution is 6.02. The minimum Gasteiger partial charge on any atom is -0.482 e. The van der Waals surface area contributed by atoms with Crippen LogP contribution in [0.2, 0.25) is 0 Å². The van der Waals surface area contributed by atoms with Crippen molar-refractivity contribution < 1.29 is 19.1 Å². The molecule has 2 aliphatic heterocycles. The Kier molecular flexibility index (Phi) is 5.29. The summed E-state index contributed by atoms with van der Waals surface area (Å²) < 4.78 is 13.2. The summed E-state index contributed by atoms with van der Waals surface area (Å²) in [5.74, 6) is 0.345. The van der Waals surface area contributed by atoms with Crippen molar-refractivity contribution in [1.82, 2.24) is 14.7 Å². The van der Waals surface area contributed by atoms with Crippen molar-refractivity contribution >= 4 is 17.5 Å². The van der Waals surface area contributed by atoms with Crippen molar-refractivity contribution in [2.45, 2.75) is 26.0 Å². The first-order valence-corrected chi connectivity index (χ1v) is 9.51. The Morgan fingerprint density at radius 1 is 1.36 bits per heavy atom. The molecule has 1 aromatic heterocycles. The fraction of sp³-hybridized carbons (Fsp3) is 0.450. The fourth-order valence-corrected chi connectivity index (χ4v) is 3.57. The van der Waals surface area contributed by atoms with E-state index in [-0.39, 0.29) is 31.1 Å². The van der Waals surface area contributed by atoms with Gasteiger partial charge in [-0.1, -0.05) is 6.07 Å². The summed E-state index contributed by atoms with van der Waals surface area (Å²) >= 11 is 0. The van der Waals surface area contributed by atoms with Crippen molar-refractivity contribution in [3.8, 4) is 5.75 Å². The normalized spacial score (nSPS) is 19.8. The Morgan fingerprint density at radius 3 is 3.07 bits per heavy atom. The molecular formula is C20H24N4O4. The molecule has 1 atom stereocenters. The number of ether oxygens (including phenoxy) is 2. The standard InChI is InChI=1S/C20H24N4O4/c1-15-4-5-18-17(10-15)24(20(26)14-28-18)13-19(25)22-7-3-9-27-16(11-22)12-23-8-2-6-21-23/h2,4-6,8,10,16H,3,7,9,11-14H2,1H3/t16-/m1/s1. The van der Waals surface area contributed by atoms with Crippen molar-refractivity contribution in [2.24, 2.45) is 0 Å². The molecule has 1 saturated heterocycles. The molecule has 0 spiro atoms. The molecule has 148 valence electrons. The number of hydrogen-bond acceptors (Lipinski definition) is 5. The summed E-state index contributed by atoms with van der Waals surface area (Å²) in [5.41, 5.74) is 1.67.